The molecule has 0 unspecified atom stereocenters. The minimum absolute atomic E-state index is 0.0488. The van der Waals surface area contributed by atoms with E-state index in [9.17, 15) is 5.11 Å². The van der Waals surface area contributed by atoms with Crippen LogP contribution < -0.4 is 5.32 Å². The number of halogens is 2. The summed E-state index contributed by atoms with van der Waals surface area (Å²) in [7, 11) is 0. The minimum atomic E-state index is 0.0488. The molecule has 0 saturated heterocycles. The van der Waals surface area contributed by atoms with Crippen molar-refractivity contribution >= 4 is 23.2 Å². The molecule has 94 valence electrons. The lowest BCUT2D eigenvalue weighted by Crippen LogP contribution is -2.14. The summed E-state index contributed by atoms with van der Waals surface area (Å²) in [4.78, 5) is 0. The van der Waals surface area contributed by atoms with Crippen molar-refractivity contribution < 1.29 is 5.11 Å². The van der Waals surface area contributed by atoms with Crippen LogP contribution in [0.5, 0.6) is 5.75 Å². The lowest BCUT2D eigenvalue weighted by atomic mass is 10.2. The van der Waals surface area contributed by atoms with Crippen LogP contribution in [0.15, 0.2) is 30.5 Å². The van der Waals surface area contributed by atoms with Gasteiger partial charge in [-0.3, -0.25) is 0 Å². The molecule has 0 aliphatic rings. The molecule has 1 heterocycles. The molecule has 0 atom stereocenters. The highest BCUT2D eigenvalue weighted by atomic mass is 35.5. The predicted octanol–water partition coefficient (Wildman–Crippen LogP) is 2.78. The Hall–Kier alpha value is -1.36. The standard InChI is InChI=1S/C12H11Cl2N3O/c13-9-4-8(12(18)11(14)5-9)6-15-7-10-2-1-3-16-17-10/h1-5,15,18H,6-7H2. The van der Waals surface area contributed by atoms with Crippen molar-refractivity contribution in [2.45, 2.75) is 13.1 Å². The van der Waals surface area contributed by atoms with Gasteiger partial charge in [-0.25, -0.2) is 0 Å². The monoisotopic (exact) mass is 283 g/mol. The summed E-state index contributed by atoms with van der Waals surface area (Å²) < 4.78 is 0. The molecule has 1 aromatic heterocycles. The molecule has 2 N–H and O–H groups in total. The molecule has 0 bridgehead atoms. The number of phenols is 1. The molecule has 0 amide bonds. The summed E-state index contributed by atoms with van der Waals surface area (Å²) in [5.41, 5.74) is 1.47. The van der Waals surface area contributed by atoms with Crippen LogP contribution in [0.1, 0.15) is 11.3 Å². The smallest absolute Gasteiger partial charge is 0.138 e. The molecule has 0 aliphatic carbocycles. The lowest BCUT2D eigenvalue weighted by Gasteiger charge is -2.08. The Morgan fingerprint density at radius 3 is 2.78 bits per heavy atom. The van der Waals surface area contributed by atoms with Gasteiger partial charge < -0.3 is 10.4 Å². The summed E-state index contributed by atoms with van der Waals surface area (Å²) >= 11 is 11.7. The first kappa shape index (κ1) is 13.1. The fraction of sp³-hybridized carbons (Fsp3) is 0.167. The fourth-order valence-corrected chi connectivity index (χ4v) is 2.04. The highest BCUT2D eigenvalue weighted by Crippen LogP contribution is 2.30. The number of nitrogens with one attached hydrogen (secondary N) is 1. The number of aromatic nitrogens is 2. The van der Waals surface area contributed by atoms with Gasteiger partial charge in [-0.2, -0.15) is 10.2 Å². The van der Waals surface area contributed by atoms with Crippen LogP contribution in [0, 0.1) is 0 Å². The van der Waals surface area contributed by atoms with Crippen molar-refractivity contribution in [2.24, 2.45) is 0 Å². The number of nitrogens with zero attached hydrogens (tertiary/aromatic N) is 2. The van der Waals surface area contributed by atoms with Crippen LogP contribution in [-0.2, 0) is 13.1 Å². The van der Waals surface area contributed by atoms with Gasteiger partial charge in [0.05, 0.1) is 10.7 Å². The second-order valence-corrected chi connectivity index (χ2v) is 4.56. The SMILES string of the molecule is Oc1c(Cl)cc(Cl)cc1CNCc1cccnn1. The molecule has 0 fully saturated rings. The van der Waals surface area contributed by atoms with Crippen LogP contribution in [0.25, 0.3) is 0 Å². The molecule has 0 saturated carbocycles. The third-order valence-electron chi connectivity index (χ3n) is 2.36. The first-order valence-electron chi connectivity index (χ1n) is 5.31. The predicted molar refractivity (Wildman–Crippen MR) is 70.7 cm³/mol. The Kier molecular flexibility index (Phi) is 4.36. The molecule has 6 heteroatoms. The van der Waals surface area contributed by atoms with E-state index in [1.54, 1.807) is 12.3 Å². The first-order chi connectivity index (χ1) is 8.66. The number of aromatic hydroxyl groups is 1. The molecule has 1 aromatic carbocycles. The van der Waals surface area contributed by atoms with E-state index in [1.807, 2.05) is 12.1 Å². The molecular formula is C12H11Cl2N3O. The maximum absolute atomic E-state index is 9.76. The Bertz CT molecular complexity index is 534. The van der Waals surface area contributed by atoms with E-state index in [0.29, 0.717) is 23.7 Å². The second kappa shape index (κ2) is 6.00. The minimum Gasteiger partial charge on any atom is -0.506 e. The van der Waals surface area contributed by atoms with E-state index >= 15 is 0 Å². The quantitative estimate of drug-likeness (QED) is 0.906. The summed E-state index contributed by atoms with van der Waals surface area (Å²) in [5.74, 6) is 0.0488. The molecule has 0 radical (unpaired) electrons. The van der Waals surface area contributed by atoms with Crippen molar-refractivity contribution in [2.75, 3.05) is 0 Å². The highest BCUT2D eigenvalue weighted by molar-refractivity contribution is 6.35. The fourth-order valence-electron chi connectivity index (χ4n) is 1.51. The maximum Gasteiger partial charge on any atom is 0.138 e. The zero-order chi connectivity index (χ0) is 13.0. The Labute approximate surface area is 115 Å². The van der Waals surface area contributed by atoms with Crippen LogP contribution in [0.2, 0.25) is 10.0 Å². The molecule has 4 nitrogen and oxygen atoms in total. The van der Waals surface area contributed by atoms with Crippen molar-refractivity contribution in [3.05, 3.63) is 51.8 Å². The number of phenolic OH excluding ortho intramolecular Hbond substituents is 1. The molecular weight excluding hydrogens is 273 g/mol. The maximum atomic E-state index is 9.76. The number of hydrogen-bond acceptors (Lipinski definition) is 4. The van der Waals surface area contributed by atoms with Crippen molar-refractivity contribution in [3.63, 3.8) is 0 Å². The Morgan fingerprint density at radius 1 is 1.22 bits per heavy atom. The molecule has 2 aromatic rings. The van der Waals surface area contributed by atoms with E-state index in [0.717, 1.165) is 5.69 Å². The second-order valence-electron chi connectivity index (χ2n) is 3.71. The average molecular weight is 284 g/mol. The van der Waals surface area contributed by atoms with E-state index in [1.165, 1.54) is 6.07 Å². The molecule has 0 aliphatic heterocycles. The van der Waals surface area contributed by atoms with Gasteiger partial charge in [0.2, 0.25) is 0 Å². The number of rotatable bonds is 4. The number of benzene rings is 1. The molecule has 2 rings (SSSR count). The summed E-state index contributed by atoms with van der Waals surface area (Å²) in [6.45, 7) is 1.00. The normalized spacial score (nSPS) is 10.6. The third kappa shape index (κ3) is 3.32. The molecule has 0 spiro atoms. The Balaban J connectivity index is 1.99. The van der Waals surface area contributed by atoms with Gasteiger partial charge >= 0.3 is 0 Å². The van der Waals surface area contributed by atoms with Gasteiger partial charge in [-0.1, -0.05) is 23.2 Å². The largest absolute Gasteiger partial charge is 0.506 e. The van der Waals surface area contributed by atoms with E-state index in [-0.39, 0.29) is 10.8 Å². The van der Waals surface area contributed by atoms with Gasteiger partial charge in [0.1, 0.15) is 5.75 Å². The summed E-state index contributed by atoms with van der Waals surface area (Å²) in [6.07, 6.45) is 1.62. The van der Waals surface area contributed by atoms with Crippen molar-refractivity contribution in [3.8, 4) is 5.75 Å². The summed E-state index contributed by atoms with van der Waals surface area (Å²) in [6, 6.07) is 6.86. The van der Waals surface area contributed by atoms with Gasteiger partial charge in [0, 0.05) is 29.9 Å². The highest BCUT2D eigenvalue weighted by Gasteiger charge is 2.07. The molecule has 18 heavy (non-hydrogen) atoms. The van der Waals surface area contributed by atoms with Crippen molar-refractivity contribution in [1.29, 1.82) is 0 Å². The average Bonchev–Trinajstić information content (AvgIpc) is 2.36. The van der Waals surface area contributed by atoms with Crippen molar-refractivity contribution in [1.82, 2.24) is 15.5 Å². The van der Waals surface area contributed by atoms with E-state index < -0.39 is 0 Å². The van der Waals surface area contributed by atoms with Crippen LogP contribution in [0.3, 0.4) is 0 Å². The zero-order valence-electron chi connectivity index (χ0n) is 9.40. The van der Waals surface area contributed by atoms with E-state index in [4.69, 9.17) is 23.2 Å². The summed E-state index contributed by atoms with van der Waals surface area (Å²) in [5, 5.41) is 21.4. The van der Waals surface area contributed by atoms with Crippen LogP contribution in [0.4, 0.5) is 0 Å². The van der Waals surface area contributed by atoms with Gasteiger partial charge in [0.25, 0.3) is 0 Å². The van der Waals surface area contributed by atoms with Gasteiger partial charge in [0.15, 0.2) is 0 Å². The Morgan fingerprint density at radius 2 is 2.06 bits per heavy atom. The van der Waals surface area contributed by atoms with Crippen LogP contribution >= 0.6 is 23.2 Å². The lowest BCUT2D eigenvalue weighted by molar-refractivity contribution is 0.464. The third-order valence-corrected chi connectivity index (χ3v) is 2.86. The number of hydrogen-bond donors (Lipinski definition) is 2. The first-order valence-corrected chi connectivity index (χ1v) is 6.06. The van der Waals surface area contributed by atoms with Gasteiger partial charge in [-0.15, -0.1) is 0 Å². The zero-order valence-corrected chi connectivity index (χ0v) is 10.9. The van der Waals surface area contributed by atoms with E-state index in [2.05, 4.69) is 15.5 Å². The topological polar surface area (TPSA) is 58.0 Å². The van der Waals surface area contributed by atoms with Gasteiger partial charge in [-0.05, 0) is 24.3 Å². The van der Waals surface area contributed by atoms with Crippen LogP contribution in [-0.4, -0.2) is 15.3 Å².